The minimum Gasteiger partial charge on any atom is -0.343 e. The fourth-order valence-electron chi connectivity index (χ4n) is 5.41. The third-order valence-electron chi connectivity index (χ3n) is 7.59. The number of nitrogens with zero attached hydrogens (tertiary/aromatic N) is 3. The summed E-state index contributed by atoms with van der Waals surface area (Å²) in [6, 6.07) is 9.95. The number of rotatable bonds is 13. The van der Waals surface area contributed by atoms with Crippen LogP contribution in [-0.4, -0.2) is 51.7 Å². The van der Waals surface area contributed by atoms with Gasteiger partial charge in [0.15, 0.2) is 18.5 Å². The lowest BCUT2D eigenvalue weighted by molar-refractivity contribution is -0.456. The molecule has 2 heterocycles. The van der Waals surface area contributed by atoms with E-state index in [0.717, 1.165) is 49.5 Å². The molecule has 0 bridgehead atoms. The maximum atomic E-state index is 12.8. The Morgan fingerprint density at radius 1 is 0.909 bits per heavy atom. The number of amides is 1. The van der Waals surface area contributed by atoms with Gasteiger partial charge in [0.25, 0.3) is 5.91 Å². The summed E-state index contributed by atoms with van der Waals surface area (Å²) in [5.74, 6) is -1.68. The van der Waals surface area contributed by atoms with Crippen LogP contribution in [0.5, 0.6) is 0 Å². The van der Waals surface area contributed by atoms with Crippen molar-refractivity contribution in [3.8, 4) is 11.1 Å². The molecule has 2 aromatic carbocycles. The fourth-order valence-corrected chi connectivity index (χ4v) is 5.41. The number of carbonyl (C=O) groups excluding carboxylic acids is 2. The van der Waals surface area contributed by atoms with Gasteiger partial charge in [-0.05, 0) is 42.9 Å². The molecule has 0 saturated carbocycles. The van der Waals surface area contributed by atoms with Gasteiger partial charge in [0.05, 0.1) is 0 Å². The molecule has 4 rings (SSSR count). The summed E-state index contributed by atoms with van der Waals surface area (Å²) in [4.78, 5) is 32.0. The zero-order valence-corrected chi connectivity index (χ0v) is 24.4. The lowest BCUT2D eigenvalue weighted by Crippen LogP contribution is -2.35. The molecule has 0 spiro atoms. The van der Waals surface area contributed by atoms with E-state index in [2.05, 4.69) is 21.5 Å². The maximum absolute atomic E-state index is 12.8. The van der Waals surface area contributed by atoms with Crippen molar-refractivity contribution in [2.45, 2.75) is 64.7 Å². The molecule has 44 heavy (non-hydrogen) atoms. The molecule has 1 N–H and O–H groups in total. The SMILES string of the molecule is CCCC(CCCC(=O)c1ccc(-c2cnc(C(F)(F)F)nc2)cc1)C[N+]1=Cc2c1ccc(C(=O)NCC(F)(F)F)c2CC. The molecule has 3 aromatic rings. The van der Waals surface area contributed by atoms with E-state index in [9.17, 15) is 35.9 Å². The second-order valence-electron chi connectivity index (χ2n) is 10.8. The number of hydrogen-bond acceptors (Lipinski definition) is 4. The van der Waals surface area contributed by atoms with E-state index in [0.29, 0.717) is 47.4 Å². The Kier molecular flexibility index (Phi) is 10.2. The van der Waals surface area contributed by atoms with Crippen LogP contribution in [0.2, 0.25) is 0 Å². The number of aromatic nitrogens is 2. The van der Waals surface area contributed by atoms with Crippen LogP contribution in [0.25, 0.3) is 11.1 Å². The highest BCUT2D eigenvalue weighted by Crippen LogP contribution is 2.33. The van der Waals surface area contributed by atoms with E-state index in [1.165, 1.54) is 0 Å². The van der Waals surface area contributed by atoms with E-state index >= 15 is 0 Å². The number of fused-ring (bicyclic) bond motifs is 1. The van der Waals surface area contributed by atoms with Gasteiger partial charge in [0.2, 0.25) is 11.5 Å². The Morgan fingerprint density at radius 2 is 1.59 bits per heavy atom. The summed E-state index contributed by atoms with van der Waals surface area (Å²) < 4.78 is 77.9. The van der Waals surface area contributed by atoms with Crippen molar-refractivity contribution in [2.24, 2.45) is 5.92 Å². The molecule has 234 valence electrons. The monoisotopic (exact) mass is 619 g/mol. The van der Waals surface area contributed by atoms with Crippen molar-refractivity contribution in [1.82, 2.24) is 15.3 Å². The predicted octanol–water partition coefficient (Wildman–Crippen LogP) is 7.56. The van der Waals surface area contributed by atoms with E-state index < -0.39 is 30.6 Å². The summed E-state index contributed by atoms with van der Waals surface area (Å²) in [5.41, 5.74) is 4.29. The first-order valence-corrected chi connectivity index (χ1v) is 14.5. The Hall–Kier alpha value is -4.09. The van der Waals surface area contributed by atoms with Crippen molar-refractivity contribution < 1.29 is 40.5 Å². The van der Waals surface area contributed by atoms with Gasteiger partial charge in [-0.3, -0.25) is 9.59 Å². The first-order chi connectivity index (χ1) is 20.8. The molecule has 1 aliphatic heterocycles. The number of hydrogen-bond donors (Lipinski definition) is 1. The van der Waals surface area contributed by atoms with E-state index in [1.54, 1.807) is 36.4 Å². The van der Waals surface area contributed by atoms with Crippen LogP contribution in [0.3, 0.4) is 0 Å². The zero-order valence-electron chi connectivity index (χ0n) is 24.4. The molecule has 0 saturated heterocycles. The normalized spacial score (nSPS) is 13.5. The van der Waals surface area contributed by atoms with Crippen molar-refractivity contribution in [3.05, 3.63) is 76.9 Å². The molecular formula is C32H33F6N4O2+. The van der Waals surface area contributed by atoms with E-state index in [1.807, 2.05) is 18.5 Å². The van der Waals surface area contributed by atoms with Crippen molar-refractivity contribution >= 4 is 23.6 Å². The third kappa shape index (κ3) is 8.09. The highest BCUT2D eigenvalue weighted by Gasteiger charge is 2.35. The minimum absolute atomic E-state index is 0.0276. The number of benzene rings is 2. The molecule has 1 aromatic heterocycles. The van der Waals surface area contributed by atoms with E-state index in [-0.39, 0.29) is 11.3 Å². The Balaban J connectivity index is 1.32. The van der Waals surface area contributed by atoms with Crippen LogP contribution in [0.1, 0.15) is 83.6 Å². The van der Waals surface area contributed by atoms with Crippen molar-refractivity contribution in [3.63, 3.8) is 0 Å². The zero-order chi connectivity index (χ0) is 32.1. The molecule has 0 aliphatic carbocycles. The van der Waals surface area contributed by atoms with Gasteiger partial charge in [-0.1, -0.05) is 44.5 Å². The molecule has 12 heteroatoms. The number of ketones is 1. The highest BCUT2D eigenvalue weighted by atomic mass is 19.4. The Bertz CT molecular complexity index is 1510. The maximum Gasteiger partial charge on any atom is 0.451 e. The molecule has 0 radical (unpaired) electrons. The van der Waals surface area contributed by atoms with Gasteiger partial charge < -0.3 is 5.32 Å². The second-order valence-corrected chi connectivity index (χ2v) is 10.8. The standard InChI is InChI=1S/C32H32F6N4O2/c1-3-6-20(17-42-18-26-24(4-2)25(13-14-27(26)42)29(44)41-19-31(33,34)35)7-5-8-28(43)22-11-9-21(10-12-22)23-15-39-30(40-16-23)32(36,37)38/h9-16,18,20H,3-8,17,19H2,1-2H3/p+1. The quantitative estimate of drug-likeness (QED) is 0.122. The molecule has 1 amide bonds. The second kappa shape index (κ2) is 13.7. The van der Waals surface area contributed by atoms with Gasteiger partial charge in [-0.15, -0.1) is 0 Å². The molecule has 1 atom stereocenters. The summed E-state index contributed by atoms with van der Waals surface area (Å²) in [5, 5.41) is 1.95. The van der Waals surface area contributed by atoms with Crippen LogP contribution in [0, 0.1) is 5.92 Å². The smallest absolute Gasteiger partial charge is 0.343 e. The molecule has 6 nitrogen and oxygen atoms in total. The van der Waals surface area contributed by atoms with Crippen LogP contribution in [0.4, 0.5) is 32.0 Å². The number of halogens is 6. The topological polar surface area (TPSA) is 75.0 Å². The molecular weight excluding hydrogens is 586 g/mol. The van der Waals surface area contributed by atoms with Crippen LogP contribution in [-0.2, 0) is 12.6 Å². The first-order valence-electron chi connectivity index (χ1n) is 14.5. The highest BCUT2D eigenvalue weighted by molar-refractivity contribution is 6.01. The average Bonchev–Trinajstić information content (AvgIpc) is 2.97. The number of Topliss-reactive ketones (excluding diaryl/α,β-unsaturated/α-hetero) is 1. The van der Waals surface area contributed by atoms with Crippen molar-refractivity contribution in [2.75, 3.05) is 13.1 Å². The van der Waals surface area contributed by atoms with Crippen molar-refractivity contribution in [1.29, 1.82) is 0 Å². The Morgan fingerprint density at radius 3 is 2.18 bits per heavy atom. The minimum atomic E-state index is -4.62. The first kappa shape index (κ1) is 32.8. The van der Waals surface area contributed by atoms with Gasteiger partial charge in [-0.2, -0.15) is 30.9 Å². The van der Waals surface area contributed by atoms with Crippen LogP contribution in [0.15, 0.2) is 48.8 Å². The molecule has 1 aliphatic rings. The van der Waals surface area contributed by atoms with Gasteiger partial charge in [0.1, 0.15) is 12.1 Å². The predicted molar refractivity (Wildman–Crippen MR) is 153 cm³/mol. The van der Waals surface area contributed by atoms with Crippen LogP contribution >= 0.6 is 0 Å². The third-order valence-corrected chi connectivity index (χ3v) is 7.59. The average molecular weight is 620 g/mol. The van der Waals surface area contributed by atoms with Gasteiger partial charge >= 0.3 is 12.4 Å². The fraction of sp³-hybridized carbons (Fsp3) is 0.406. The number of nitrogens with one attached hydrogen (secondary N) is 1. The summed E-state index contributed by atoms with van der Waals surface area (Å²) >= 11 is 0. The lowest BCUT2D eigenvalue weighted by Gasteiger charge is -2.22. The largest absolute Gasteiger partial charge is 0.451 e. The lowest BCUT2D eigenvalue weighted by atomic mass is 9.91. The Labute approximate surface area is 251 Å². The molecule has 0 fully saturated rings. The summed E-state index contributed by atoms with van der Waals surface area (Å²) in [6.07, 6.45) is -0.692. The van der Waals surface area contributed by atoms with E-state index in [4.69, 9.17) is 0 Å². The van der Waals surface area contributed by atoms with Gasteiger partial charge in [0, 0.05) is 47.5 Å². The van der Waals surface area contributed by atoms with Crippen LogP contribution < -0.4 is 5.32 Å². The summed E-state index contributed by atoms with van der Waals surface area (Å²) in [7, 11) is 0. The van der Waals surface area contributed by atoms with Gasteiger partial charge in [-0.25, -0.2) is 9.97 Å². The summed E-state index contributed by atoms with van der Waals surface area (Å²) in [6.45, 7) is 3.30. The molecule has 1 unspecified atom stereocenters. The number of alkyl halides is 6. The number of carbonyl (C=O) groups is 2.